The van der Waals surface area contributed by atoms with E-state index in [0.29, 0.717) is 0 Å². The Morgan fingerprint density at radius 1 is 0.325 bits per heavy atom. The maximum atomic E-state index is 12.2. The molecule has 238 valence electrons. The molecule has 0 saturated carbocycles. The van der Waals surface area contributed by atoms with Gasteiger partial charge in [-0.25, -0.2) is 0 Å². The monoisotopic (exact) mass is 598 g/mol. The maximum Gasteiger partial charge on any atom is 0.232 e. The average Bonchev–Trinajstić information content (AvgIpc) is 2.97. The number of ketones is 2. The van der Waals surface area contributed by atoms with E-state index in [-0.39, 0.29) is 0 Å². The zero-order valence-corrected chi connectivity index (χ0v) is 20.5. The molecular weight excluding hydrogens is 560 g/mol. The number of carbonyl (C=O) groups is 2. The van der Waals surface area contributed by atoms with E-state index < -0.39 is 122 Å². The van der Waals surface area contributed by atoms with E-state index in [1.54, 1.807) is 0 Å². The largest absolute Gasteiger partial charge is 0.394 e. The second-order valence-corrected chi connectivity index (χ2v) is 9.01. The zero-order chi connectivity index (χ0) is 31.8. The van der Waals surface area contributed by atoms with Gasteiger partial charge in [0.05, 0.1) is 13.2 Å². The van der Waals surface area contributed by atoms with E-state index in [9.17, 15) is 91.3 Å². The van der Waals surface area contributed by atoms with E-state index in [1.807, 2.05) is 0 Å². The highest BCUT2D eigenvalue weighted by atomic mass is 16.4. The smallest absolute Gasteiger partial charge is 0.232 e. The Labute approximate surface area is 224 Å². The molecule has 0 saturated heterocycles. The molecule has 0 aromatic carbocycles. The van der Waals surface area contributed by atoms with Crippen LogP contribution < -0.4 is 0 Å². The molecule has 0 radical (unpaired) electrons. The van der Waals surface area contributed by atoms with E-state index in [2.05, 4.69) is 0 Å². The van der Waals surface area contributed by atoms with Crippen molar-refractivity contribution in [2.24, 2.45) is 0 Å². The van der Waals surface area contributed by atoms with Crippen LogP contribution in [0.25, 0.3) is 0 Å². The Morgan fingerprint density at radius 2 is 0.500 bits per heavy atom. The molecule has 0 aliphatic heterocycles. The molecule has 0 fully saturated rings. The Kier molecular flexibility index (Phi) is 16.3. The molecular formula is C20H38O20. The Morgan fingerprint density at radius 3 is 0.700 bits per heavy atom. The first-order chi connectivity index (χ1) is 18.3. The highest BCUT2D eigenvalue weighted by Crippen LogP contribution is 2.18. The molecule has 0 bridgehead atoms. The first-order valence-electron chi connectivity index (χ1n) is 11.5. The predicted molar refractivity (Wildman–Crippen MR) is 120 cm³/mol. The molecule has 0 amide bonds. The van der Waals surface area contributed by atoms with Gasteiger partial charge in [0.15, 0.2) is 0 Å². The highest BCUT2D eigenvalue weighted by Gasteiger charge is 2.47. The second-order valence-electron chi connectivity index (χ2n) is 9.01. The first kappa shape index (κ1) is 38.6. The summed E-state index contributed by atoms with van der Waals surface area (Å²) >= 11 is 0. The summed E-state index contributed by atoms with van der Waals surface area (Å²) < 4.78 is 0. The van der Waals surface area contributed by atoms with Gasteiger partial charge in [-0.15, -0.1) is 0 Å². The fourth-order valence-corrected chi connectivity index (χ4v) is 3.26. The molecule has 0 aromatic heterocycles. The van der Waals surface area contributed by atoms with Crippen LogP contribution in [-0.2, 0) is 9.59 Å². The number of hydrogen-bond donors (Lipinski definition) is 18. The molecule has 18 N–H and O–H groups in total. The van der Waals surface area contributed by atoms with Crippen molar-refractivity contribution in [1.29, 1.82) is 0 Å². The Hall–Kier alpha value is -1.38. The second kappa shape index (κ2) is 16.9. The first-order valence-corrected chi connectivity index (χ1v) is 11.5. The molecule has 40 heavy (non-hydrogen) atoms. The fourth-order valence-electron chi connectivity index (χ4n) is 3.26. The molecule has 0 aromatic rings. The van der Waals surface area contributed by atoms with Gasteiger partial charge in [-0.1, -0.05) is 0 Å². The molecule has 0 heterocycles. The third-order valence-corrected chi connectivity index (χ3v) is 6.09. The molecule has 16 atom stereocenters. The minimum Gasteiger partial charge on any atom is -0.394 e. The van der Waals surface area contributed by atoms with Crippen molar-refractivity contribution in [2.75, 3.05) is 13.2 Å². The molecule has 0 spiro atoms. The Balaban J connectivity index is 5.43. The molecule has 20 nitrogen and oxygen atoms in total. The Bertz CT molecular complexity index is 708. The van der Waals surface area contributed by atoms with E-state index >= 15 is 0 Å². The standard InChI is InChI=1S/C20H38O20/c21-1-3(23)5(25)7(27)9(29)11(31)13(33)15(35)17(37)19(39)20(40)18(38)16(36)14(34)12(32)10(30)8(28)6(26)4(24)2-22/h3-18,21-38H,1-2H2. The van der Waals surface area contributed by atoms with Crippen LogP contribution >= 0.6 is 0 Å². The van der Waals surface area contributed by atoms with E-state index in [4.69, 9.17) is 10.2 Å². The fraction of sp³-hybridized carbons (Fsp3) is 0.900. The van der Waals surface area contributed by atoms with Crippen LogP contribution in [0.1, 0.15) is 0 Å². The average molecular weight is 599 g/mol. The summed E-state index contributed by atoms with van der Waals surface area (Å²) in [5.74, 6) is -4.39. The van der Waals surface area contributed by atoms with Gasteiger partial charge in [-0.05, 0) is 0 Å². The third-order valence-electron chi connectivity index (χ3n) is 6.09. The molecule has 16 unspecified atom stereocenters. The minimum atomic E-state index is -3.03. The van der Waals surface area contributed by atoms with Crippen molar-refractivity contribution in [1.82, 2.24) is 0 Å². The number of hydrogen-bond acceptors (Lipinski definition) is 20. The SMILES string of the molecule is O=C(C(=O)C(O)C(O)C(O)C(O)C(O)C(O)C(O)C(O)CO)C(O)C(O)C(O)C(O)C(O)C(O)C(O)C(O)CO. The number of aliphatic hydroxyl groups excluding tert-OH is 18. The van der Waals surface area contributed by atoms with Gasteiger partial charge >= 0.3 is 0 Å². The summed E-state index contributed by atoms with van der Waals surface area (Å²) in [7, 11) is 0. The minimum absolute atomic E-state index is 1.12. The summed E-state index contributed by atoms with van der Waals surface area (Å²) in [6.45, 7) is -2.23. The lowest BCUT2D eigenvalue weighted by molar-refractivity contribution is -0.186. The van der Waals surface area contributed by atoms with Gasteiger partial charge in [0.1, 0.15) is 97.7 Å². The summed E-state index contributed by atoms with van der Waals surface area (Å²) in [4.78, 5) is 24.4. The topological polar surface area (TPSA) is 398 Å². The number of carbonyl (C=O) groups excluding carboxylic acids is 2. The van der Waals surface area contributed by atoms with Gasteiger partial charge in [-0.2, -0.15) is 0 Å². The summed E-state index contributed by atoms with van der Waals surface area (Å²) in [6.07, 6.45) is -41.5. The summed E-state index contributed by atoms with van der Waals surface area (Å²) in [6, 6.07) is 0. The zero-order valence-electron chi connectivity index (χ0n) is 20.5. The molecule has 20 heteroatoms. The van der Waals surface area contributed by atoms with Crippen LogP contribution in [0.2, 0.25) is 0 Å². The van der Waals surface area contributed by atoms with Crippen LogP contribution in [0.15, 0.2) is 0 Å². The van der Waals surface area contributed by atoms with Gasteiger partial charge < -0.3 is 91.9 Å². The van der Waals surface area contributed by atoms with Gasteiger partial charge in [-0.3, -0.25) is 9.59 Å². The van der Waals surface area contributed by atoms with Gasteiger partial charge in [0.2, 0.25) is 11.6 Å². The highest BCUT2D eigenvalue weighted by molar-refractivity contribution is 6.40. The van der Waals surface area contributed by atoms with Crippen molar-refractivity contribution in [2.45, 2.75) is 97.7 Å². The number of Topliss-reactive ketones (excluding diaryl/α,β-unsaturated/α-hetero) is 2. The molecule has 0 aliphatic rings. The quantitative estimate of drug-likeness (QED) is 0.0613. The van der Waals surface area contributed by atoms with Crippen LogP contribution in [0.3, 0.4) is 0 Å². The molecule has 0 rings (SSSR count). The van der Waals surface area contributed by atoms with Crippen molar-refractivity contribution < 1.29 is 102 Å². The van der Waals surface area contributed by atoms with Crippen LogP contribution in [-0.4, -0.2) is 214 Å². The predicted octanol–water partition coefficient (Wildman–Crippen LogP) is -12.1. The lowest BCUT2D eigenvalue weighted by Crippen LogP contribution is -2.59. The van der Waals surface area contributed by atoms with E-state index in [0.717, 1.165) is 0 Å². The van der Waals surface area contributed by atoms with Crippen LogP contribution in [0, 0.1) is 0 Å². The van der Waals surface area contributed by atoms with Crippen LogP contribution in [0.4, 0.5) is 0 Å². The normalized spacial score (nSPS) is 24.6. The lowest BCUT2D eigenvalue weighted by Gasteiger charge is -2.33. The van der Waals surface area contributed by atoms with Crippen molar-refractivity contribution >= 4 is 11.6 Å². The van der Waals surface area contributed by atoms with Crippen molar-refractivity contribution in [3.05, 3.63) is 0 Å². The number of aliphatic hydroxyl groups is 18. The van der Waals surface area contributed by atoms with Gasteiger partial charge in [0.25, 0.3) is 0 Å². The lowest BCUT2D eigenvalue weighted by atomic mass is 9.88. The maximum absolute atomic E-state index is 12.2. The van der Waals surface area contributed by atoms with E-state index in [1.165, 1.54) is 0 Å². The van der Waals surface area contributed by atoms with Crippen LogP contribution in [0.5, 0.6) is 0 Å². The van der Waals surface area contributed by atoms with Crippen molar-refractivity contribution in [3.63, 3.8) is 0 Å². The van der Waals surface area contributed by atoms with Crippen molar-refractivity contribution in [3.8, 4) is 0 Å². The molecule has 0 aliphatic carbocycles. The summed E-state index contributed by atoms with van der Waals surface area (Å²) in [5.41, 5.74) is 0. The van der Waals surface area contributed by atoms with Gasteiger partial charge in [0, 0.05) is 0 Å². The third kappa shape index (κ3) is 9.32. The summed E-state index contributed by atoms with van der Waals surface area (Å²) in [5, 5.41) is 173. The number of rotatable bonds is 19.